The SMILES string of the molecule is CCOc1cccc(F)c1C#Cc1cn([C@@H]2O[C@H](CNS(N)(=O)=O)[C@@H](O)[C@H]2O)c2c1c(N)nc[n+]2Cc1ccc(NC(=O)[C@H](CCCNC(N)=O)CC(=O)[C@@H](NC(=O)CCOCCOCCOCCN2C(=O)C=CC2=O)C(C)C)cc1.[CH3-]. The van der Waals surface area contributed by atoms with E-state index >= 15 is 4.39 Å². The van der Waals surface area contributed by atoms with Crippen LogP contribution in [0.1, 0.15) is 69.4 Å². The first-order valence-corrected chi connectivity index (χ1v) is 27.6. The number of nitrogens with two attached hydrogens (primary N) is 3. The van der Waals surface area contributed by atoms with Gasteiger partial charge in [-0.15, -0.1) is 0 Å². The molecule has 0 unspecified atom stereocenters. The van der Waals surface area contributed by atoms with Crippen molar-refractivity contribution in [1.82, 2.24) is 29.8 Å². The number of Topliss-reactive ketones (excluding diaryl/α,β-unsaturated/α-hetero) is 1. The molecule has 0 aliphatic carbocycles. The van der Waals surface area contributed by atoms with Crippen LogP contribution in [-0.2, 0) is 59.7 Å². The second-order valence-corrected chi connectivity index (χ2v) is 20.5. The molecule has 1 fully saturated rings. The van der Waals surface area contributed by atoms with E-state index in [4.69, 9.17) is 40.3 Å². The lowest BCUT2D eigenvalue weighted by Gasteiger charge is -2.24. The first-order chi connectivity index (χ1) is 38.6. The van der Waals surface area contributed by atoms with E-state index in [1.54, 1.807) is 55.7 Å². The first-order valence-electron chi connectivity index (χ1n) is 26.1. The molecule has 4 aromatic rings. The quantitative estimate of drug-likeness (QED) is 0.0107. The number of aliphatic hydroxyl groups is 2. The van der Waals surface area contributed by atoms with Gasteiger partial charge in [-0.3, -0.25) is 28.9 Å². The molecule has 2 aliphatic rings. The van der Waals surface area contributed by atoms with E-state index in [0.717, 1.165) is 4.90 Å². The fourth-order valence-electron chi connectivity index (χ4n) is 8.84. The van der Waals surface area contributed by atoms with Gasteiger partial charge in [-0.1, -0.05) is 48.9 Å². The van der Waals surface area contributed by atoms with Crippen molar-refractivity contribution in [2.45, 2.75) is 83.6 Å². The molecule has 82 heavy (non-hydrogen) atoms. The Morgan fingerprint density at radius 3 is 2.27 bits per heavy atom. The van der Waals surface area contributed by atoms with E-state index in [-0.39, 0.29) is 150 Å². The molecule has 0 bridgehead atoms. The Morgan fingerprint density at radius 1 is 0.951 bits per heavy atom. The topological polar surface area (TPSA) is 374 Å². The van der Waals surface area contributed by atoms with Gasteiger partial charge in [0.25, 0.3) is 22.0 Å². The Labute approximate surface area is 474 Å². The minimum Gasteiger partial charge on any atom is -0.492 e. The Kier molecular flexibility index (Phi) is 24.8. The molecule has 4 heterocycles. The second-order valence-electron chi connectivity index (χ2n) is 19.2. The molecule has 2 aliphatic heterocycles. The van der Waals surface area contributed by atoms with Crippen molar-refractivity contribution in [3.8, 4) is 17.6 Å². The highest BCUT2D eigenvalue weighted by molar-refractivity contribution is 7.87. The van der Waals surface area contributed by atoms with Gasteiger partial charge in [-0.05, 0) is 55.5 Å². The fourth-order valence-corrected chi connectivity index (χ4v) is 9.24. The zero-order valence-corrected chi connectivity index (χ0v) is 46.8. The number of primary amides is 1. The van der Waals surface area contributed by atoms with E-state index in [1.165, 1.54) is 41.4 Å². The number of amides is 6. The largest absolute Gasteiger partial charge is 0.492 e. The van der Waals surface area contributed by atoms with E-state index in [9.17, 15) is 47.4 Å². The Morgan fingerprint density at radius 2 is 1.62 bits per heavy atom. The van der Waals surface area contributed by atoms with E-state index < -0.39 is 76.9 Å². The van der Waals surface area contributed by atoms with Crippen molar-refractivity contribution < 1.29 is 80.0 Å². The van der Waals surface area contributed by atoms with Crippen LogP contribution in [0.25, 0.3) is 11.0 Å². The molecule has 6 amide bonds. The molecule has 446 valence electrons. The average Bonchev–Trinajstić information content (AvgIpc) is 4.12. The van der Waals surface area contributed by atoms with Crippen LogP contribution in [0.4, 0.5) is 20.7 Å². The highest BCUT2D eigenvalue weighted by Crippen LogP contribution is 2.35. The van der Waals surface area contributed by atoms with Gasteiger partial charge in [0.15, 0.2) is 5.78 Å². The van der Waals surface area contributed by atoms with Crippen molar-refractivity contribution in [3.05, 3.63) is 97.1 Å². The minimum atomic E-state index is -4.20. The number of imide groups is 1. The summed E-state index contributed by atoms with van der Waals surface area (Å²) in [6.45, 7) is 6.46. The number of halogens is 1. The fraction of sp³-hybridized carbons (Fsp3) is 0.463. The number of carbonyl (C=O) groups is 6. The number of aliphatic hydroxyl groups excluding tert-OH is 2. The van der Waals surface area contributed by atoms with Crippen molar-refractivity contribution in [2.75, 3.05) is 76.9 Å². The highest BCUT2D eigenvalue weighted by atomic mass is 32.2. The molecule has 1 saturated heterocycles. The summed E-state index contributed by atoms with van der Waals surface area (Å²) < 4.78 is 71.8. The van der Waals surface area contributed by atoms with Gasteiger partial charge in [0, 0.05) is 49.7 Å². The third kappa shape index (κ3) is 18.5. The zero-order chi connectivity index (χ0) is 58.8. The number of anilines is 2. The van der Waals surface area contributed by atoms with Crippen molar-refractivity contribution in [2.24, 2.45) is 22.7 Å². The molecule has 6 atom stereocenters. The summed E-state index contributed by atoms with van der Waals surface area (Å²) in [5.74, 6) is 2.01. The summed E-state index contributed by atoms with van der Waals surface area (Å²) in [5, 5.41) is 35.9. The predicted molar refractivity (Wildman–Crippen MR) is 295 cm³/mol. The van der Waals surface area contributed by atoms with Crippen LogP contribution in [-0.4, -0.2) is 159 Å². The van der Waals surface area contributed by atoms with Crippen molar-refractivity contribution in [1.29, 1.82) is 0 Å². The molecule has 26 nitrogen and oxygen atoms in total. The van der Waals surface area contributed by atoms with E-state index in [0.29, 0.717) is 17.7 Å². The number of aromatic nitrogens is 3. The number of carbonyl (C=O) groups excluding carboxylic acids is 6. The predicted octanol–water partition coefficient (Wildman–Crippen LogP) is 0.223. The molecule has 0 radical (unpaired) electrons. The molecule has 12 N–H and O–H groups in total. The number of benzene rings is 2. The summed E-state index contributed by atoms with van der Waals surface area (Å²) in [6.07, 6.45) is -0.332. The number of fused-ring (bicyclic) bond motifs is 1. The third-order valence-electron chi connectivity index (χ3n) is 12.9. The number of urea groups is 1. The maximum absolute atomic E-state index is 15.2. The zero-order valence-electron chi connectivity index (χ0n) is 46.0. The lowest BCUT2D eigenvalue weighted by atomic mass is 9.89. The maximum Gasteiger partial charge on any atom is 0.312 e. The van der Waals surface area contributed by atoms with Crippen molar-refractivity contribution in [3.63, 3.8) is 0 Å². The first kappa shape index (κ1) is 65.4. The van der Waals surface area contributed by atoms with Crippen LogP contribution in [0, 0.1) is 36.9 Å². The lowest BCUT2D eigenvalue weighted by Crippen LogP contribution is -2.45. The maximum atomic E-state index is 15.2. The van der Waals surface area contributed by atoms with E-state index in [2.05, 4.69) is 37.5 Å². The number of nitrogens with one attached hydrogen (secondary N) is 4. The van der Waals surface area contributed by atoms with Crippen LogP contribution < -0.4 is 46.6 Å². The number of hydrogen-bond donors (Lipinski definition) is 9. The van der Waals surface area contributed by atoms with Crippen LogP contribution in [0.3, 0.4) is 0 Å². The summed E-state index contributed by atoms with van der Waals surface area (Å²) in [4.78, 5) is 81.0. The molecule has 2 aromatic heterocycles. The van der Waals surface area contributed by atoms with Crippen LogP contribution in [0.15, 0.2) is 67.1 Å². The lowest BCUT2D eigenvalue weighted by molar-refractivity contribution is -0.668. The number of rotatable bonds is 31. The van der Waals surface area contributed by atoms with Gasteiger partial charge in [-0.25, -0.2) is 23.5 Å². The monoisotopic (exact) mass is 1170 g/mol. The van der Waals surface area contributed by atoms with Gasteiger partial charge < -0.3 is 68.7 Å². The van der Waals surface area contributed by atoms with Gasteiger partial charge in [-0.2, -0.15) is 13.1 Å². The minimum absolute atomic E-state index is 0. The number of ether oxygens (including phenoxy) is 5. The van der Waals surface area contributed by atoms with Crippen molar-refractivity contribution >= 4 is 68.2 Å². The molecule has 28 heteroatoms. The van der Waals surface area contributed by atoms with Crippen LogP contribution in [0.2, 0.25) is 0 Å². The Bertz CT molecular complexity index is 3080. The smallest absolute Gasteiger partial charge is 0.312 e. The summed E-state index contributed by atoms with van der Waals surface area (Å²) in [6, 6.07) is 9.29. The standard InChI is InChI=1S/C53H68FN11O15S.CH3/c1-4-79-40-9-5-8-38(54)37(40)15-12-35-30-65(52-48(71)47(70)41(80-52)28-60-81(57,74)75)51-45(35)49(55)59-31-63(51)29-33-10-13-36(14-11-33)61-50(72)34(7-6-19-58-53(56)73)27-39(66)46(32(2)3)62-42(67)18-21-76-23-25-78-26-24-77-22-20-64-43(68)16-17-44(64)69;/h5,8-11,13-14,16-17,30-32,34,41,46-48,52,55,60,70-71H,4,6-7,18-29H2,1-3H3,(H7,56,57,58,61,62,67,72,73,74,75);1H3/q;-1/p+1/t34-,41-,46+,47-,48-,52-;/m1./s1. The van der Waals surface area contributed by atoms with Gasteiger partial charge >= 0.3 is 6.03 Å². The Balaban J connectivity index is 0.0000123. The molecule has 0 spiro atoms. The van der Waals surface area contributed by atoms with Gasteiger partial charge in [0.1, 0.15) is 40.8 Å². The molecular weight excluding hydrogens is 1090 g/mol. The van der Waals surface area contributed by atoms with Gasteiger partial charge in [0.05, 0.1) is 77.1 Å². The third-order valence-corrected chi connectivity index (χ3v) is 13.5. The van der Waals surface area contributed by atoms with Gasteiger partial charge in [0.2, 0.25) is 35.8 Å². The Hall–Kier alpha value is -7.46. The molecule has 0 saturated carbocycles. The summed E-state index contributed by atoms with van der Waals surface area (Å²) in [7, 11) is -4.20. The second kappa shape index (κ2) is 31.1. The normalized spacial score (nSPS) is 17.5. The van der Waals surface area contributed by atoms with Crippen LogP contribution >= 0.6 is 0 Å². The summed E-state index contributed by atoms with van der Waals surface area (Å²) >= 11 is 0. The average molecular weight is 1170 g/mol. The van der Waals surface area contributed by atoms with E-state index in [1.807, 2.05) is 0 Å². The molecular formula is C54H72FN11O15S. The number of hydrogen-bond acceptors (Lipinski definition) is 17. The number of nitrogen functional groups attached to an aromatic ring is 1. The molecule has 2 aromatic carbocycles. The highest BCUT2D eigenvalue weighted by Gasteiger charge is 2.47. The van der Waals surface area contributed by atoms with Crippen LogP contribution in [0.5, 0.6) is 5.75 Å². The molecule has 6 rings (SSSR count). The number of ketones is 1. The number of nitrogens with zero attached hydrogens (tertiary/aromatic N) is 4. The summed E-state index contributed by atoms with van der Waals surface area (Å²) in [5.41, 5.74) is 13.3.